The molecule has 0 fully saturated rings. The van der Waals surface area contributed by atoms with Gasteiger partial charge in [-0.25, -0.2) is 9.37 Å². The number of hydrogen-bond donors (Lipinski definition) is 2. The lowest BCUT2D eigenvalue weighted by Crippen LogP contribution is -2.28. The predicted octanol–water partition coefficient (Wildman–Crippen LogP) is 4.50. The van der Waals surface area contributed by atoms with Gasteiger partial charge in [-0.2, -0.15) is 0 Å². The van der Waals surface area contributed by atoms with Crippen molar-refractivity contribution < 1.29 is 14.3 Å². The minimum absolute atomic E-state index is 0.0769. The third kappa shape index (κ3) is 4.78. The molecule has 0 radical (unpaired) electrons. The van der Waals surface area contributed by atoms with Gasteiger partial charge in [-0.05, 0) is 49.6 Å². The molecule has 1 heterocycles. The van der Waals surface area contributed by atoms with Gasteiger partial charge in [0.25, 0.3) is 5.91 Å². The number of aromatic nitrogens is 1. The molecule has 1 amide bonds. The van der Waals surface area contributed by atoms with Crippen molar-refractivity contribution in [3.63, 3.8) is 0 Å². The summed E-state index contributed by atoms with van der Waals surface area (Å²) >= 11 is 1.29. The van der Waals surface area contributed by atoms with Crippen LogP contribution in [-0.2, 0) is 0 Å². The minimum atomic E-state index is -0.306. The highest BCUT2D eigenvalue weighted by Gasteiger charge is 2.20. The number of rotatable bonds is 7. The van der Waals surface area contributed by atoms with Crippen molar-refractivity contribution in [2.24, 2.45) is 0 Å². The summed E-state index contributed by atoms with van der Waals surface area (Å²) in [6.07, 6.45) is 1.25. The highest BCUT2D eigenvalue weighted by atomic mass is 32.1. The molecule has 2 N–H and O–H groups in total. The average molecular weight is 384 g/mol. The molecule has 0 spiro atoms. The van der Waals surface area contributed by atoms with Crippen molar-refractivity contribution in [2.45, 2.75) is 25.8 Å². The number of aryl methyl sites for hydroxylation is 1. The van der Waals surface area contributed by atoms with Crippen molar-refractivity contribution in [3.8, 4) is 10.6 Å². The van der Waals surface area contributed by atoms with Gasteiger partial charge in [-0.1, -0.05) is 30.3 Å². The Bertz CT molecular complexity index is 894. The molecule has 0 saturated heterocycles. The first-order valence-corrected chi connectivity index (χ1v) is 9.60. The third-order valence-corrected chi connectivity index (χ3v) is 5.46. The molecule has 140 valence electrons. The summed E-state index contributed by atoms with van der Waals surface area (Å²) in [6, 6.07) is 15.6. The molecule has 0 aliphatic rings. The first-order chi connectivity index (χ1) is 13.1. The average Bonchev–Trinajstić information content (AvgIpc) is 3.08. The normalized spacial score (nSPS) is 12.0. The predicted molar refractivity (Wildman–Crippen MR) is 105 cm³/mol. The van der Waals surface area contributed by atoms with Gasteiger partial charge < -0.3 is 10.4 Å². The quantitative estimate of drug-likeness (QED) is 0.630. The number of aliphatic hydroxyl groups is 1. The van der Waals surface area contributed by atoms with E-state index in [1.54, 1.807) is 19.1 Å². The Balaban J connectivity index is 1.81. The van der Waals surface area contributed by atoms with Crippen molar-refractivity contribution in [3.05, 3.63) is 76.5 Å². The van der Waals surface area contributed by atoms with Crippen LogP contribution < -0.4 is 5.32 Å². The monoisotopic (exact) mass is 384 g/mol. The molecule has 0 bridgehead atoms. The molecule has 1 aromatic heterocycles. The van der Waals surface area contributed by atoms with Crippen LogP contribution >= 0.6 is 11.3 Å². The first kappa shape index (κ1) is 19.2. The highest BCUT2D eigenvalue weighted by Crippen LogP contribution is 2.29. The summed E-state index contributed by atoms with van der Waals surface area (Å²) in [5, 5.41) is 12.9. The van der Waals surface area contributed by atoms with Crippen LogP contribution in [0.15, 0.2) is 54.6 Å². The van der Waals surface area contributed by atoms with Crippen LogP contribution in [0.4, 0.5) is 4.39 Å². The van der Waals surface area contributed by atoms with Crippen molar-refractivity contribution in [1.82, 2.24) is 10.3 Å². The largest absolute Gasteiger partial charge is 0.396 e. The standard InChI is InChI=1S/C21H21FN2O2S/c1-14-19(27-21(23-14)16-9-11-17(22)12-10-16)20(26)24-18(8-5-13-25)15-6-3-2-4-7-15/h2-4,6-7,9-12,18,25H,5,8,13H2,1H3,(H,24,26)/t18-/m1/s1. The van der Waals surface area contributed by atoms with E-state index in [2.05, 4.69) is 10.3 Å². The van der Waals surface area contributed by atoms with E-state index in [1.807, 2.05) is 30.3 Å². The summed E-state index contributed by atoms with van der Waals surface area (Å²) in [7, 11) is 0. The Morgan fingerprint density at radius 3 is 2.56 bits per heavy atom. The van der Waals surface area contributed by atoms with Gasteiger partial charge in [0.15, 0.2) is 0 Å². The Kier molecular flexibility index (Phi) is 6.32. The van der Waals surface area contributed by atoms with Gasteiger partial charge >= 0.3 is 0 Å². The van der Waals surface area contributed by atoms with E-state index in [0.29, 0.717) is 28.4 Å². The summed E-state index contributed by atoms with van der Waals surface area (Å²) < 4.78 is 13.1. The number of nitrogens with one attached hydrogen (secondary N) is 1. The molecule has 6 heteroatoms. The number of amides is 1. The molecule has 0 aliphatic heterocycles. The van der Waals surface area contributed by atoms with Gasteiger partial charge in [0, 0.05) is 12.2 Å². The van der Waals surface area contributed by atoms with E-state index in [-0.39, 0.29) is 24.4 Å². The molecule has 3 aromatic rings. The van der Waals surface area contributed by atoms with Crippen LogP contribution in [0, 0.1) is 12.7 Å². The maximum Gasteiger partial charge on any atom is 0.263 e. The number of nitrogens with zero attached hydrogens (tertiary/aromatic N) is 1. The summed E-state index contributed by atoms with van der Waals surface area (Å²) in [6.45, 7) is 1.87. The zero-order chi connectivity index (χ0) is 19.2. The highest BCUT2D eigenvalue weighted by molar-refractivity contribution is 7.17. The van der Waals surface area contributed by atoms with E-state index >= 15 is 0 Å². The number of carbonyl (C=O) groups excluding carboxylic acids is 1. The lowest BCUT2D eigenvalue weighted by atomic mass is 10.0. The van der Waals surface area contributed by atoms with Crippen LogP contribution in [0.2, 0.25) is 0 Å². The fraction of sp³-hybridized carbons (Fsp3) is 0.238. The van der Waals surface area contributed by atoms with Gasteiger partial charge in [0.05, 0.1) is 11.7 Å². The second kappa shape index (κ2) is 8.88. The van der Waals surface area contributed by atoms with Crippen molar-refractivity contribution in [1.29, 1.82) is 0 Å². The Morgan fingerprint density at radius 2 is 1.89 bits per heavy atom. The van der Waals surface area contributed by atoms with E-state index in [4.69, 9.17) is 5.11 Å². The maximum atomic E-state index is 13.1. The number of aliphatic hydroxyl groups excluding tert-OH is 1. The molecule has 3 rings (SSSR count). The fourth-order valence-corrected chi connectivity index (χ4v) is 3.82. The molecule has 27 heavy (non-hydrogen) atoms. The second-order valence-electron chi connectivity index (χ2n) is 6.24. The number of halogens is 1. The van der Waals surface area contributed by atoms with Crippen LogP contribution in [0.3, 0.4) is 0 Å². The topological polar surface area (TPSA) is 62.2 Å². The SMILES string of the molecule is Cc1nc(-c2ccc(F)cc2)sc1C(=O)N[C@H](CCCO)c1ccccc1. The van der Waals surface area contributed by atoms with Crippen molar-refractivity contribution in [2.75, 3.05) is 6.61 Å². The second-order valence-corrected chi connectivity index (χ2v) is 7.24. The first-order valence-electron chi connectivity index (χ1n) is 8.78. The molecular weight excluding hydrogens is 363 g/mol. The van der Waals surface area contributed by atoms with Crippen LogP contribution in [0.25, 0.3) is 10.6 Å². The third-order valence-electron chi connectivity index (χ3n) is 4.25. The molecule has 4 nitrogen and oxygen atoms in total. The minimum Gasteiger partial charge on any atom is -0.396 e. The molecular formula is C21H21FN2O2S. The summed E-state index contributed by atoms with van der Waals surface area (Å²) in [5.74, 6) is -0.496. The van der Waals surface area contributed by atoms with E-state index in [9.17, 15) is 9.18 Å². The Morgan fingerprint density at radius 1 is 1.19 bits per heavy atom. The van der Waals surface area contributed by atoms with E-state index in [0.717, 1.165) is 11.1 Å². The fourth-order valence-electron chi connectivity index (χ4n) is 2.85. The number of hydrogen-bond acceptors (Lipinski definition) is 4. The van der Waals surface area contributed by atoms with E-state index < -0.39 is 0 Å². The lowest BCUT2D eigenvalue weighted by Gasteiger charge is -2.18. The van der Waals surface area contributed by atoms with Gasteiger partial charge in [-0.15, -0.1) is 11.3 Å². The zero-order valence-corrected chi connectivity index (χ0v) is 15.8. The summed E-state index contributed by atoms with van der Waals surface area (Å²) in [5.41, 5.74) is 2.43. The van der Waals surface area contributed by atoms with Gasteiger partial charge in [0.1, 0.15) is 15.7 Å². The number of carbonyl (C=O) groups is 1. The number of benzene rings is 2. The van der Waals surface area contributed by atoms with Crippen LogP contribution in [-0.4, -0.2) is 22.6 Å². The number of thiazole rings is 1. The molecule has 1 atom stereocenters. The van der Waals surface area contributed by atoms with Gasteiger partial charge in [0.2, 0.25) is 0 Å². The Labute approximate surface area is 161 Å². The van der Waals surface area contributed by atoms with E-state index in [1.165, 1.54) is 23.5 Å². The molecule has 0 unspecified atom stereocenters. The Hall–Kier alpha value is -2.57. The molecule has 0 saturated carbocycles. The maximum absolute atomic E-state index is 13.1. The summed E-state index contributed by atoms with van der Waals surface area (Å²) in [4.78, 5) is 17.9. The molecule has 2 aromatic carbocycles. The lowest BCUT2D eigenvalue weighted by molar-refractivity contribution is 0.0935. The van der Waals surface area contributed by atoms with Crippen molar-refractivity contribution >= 4 is 17.2 Å². The smallest absolute Gasteiger partial charge is 0.263 e. The van der Waals surface area contributed by atoms with Crippen LogP contribution in [0.5, 0.6) is 0 Å². The van der Waals surface area contributed by atoms with Crippen LogP contribution in [0.1, 0.15) is 39.8 Å². The van der Waals surface area contributed by atoms with Gasteiger partial charge in [-0.3, -0.25) is 4.79 Å². The zero-order valence-electron chi connectivity index (χ0n) is 15.0. The molecule has 0 aliphatic carbocycles.